The molecule has 0 bridgehead atoms. The zero-order valence-electron chi connectivity index (χ0n) is 12.6. The Morgan fingerprint density at radius 1 is 1.10 bits per heavy atom. The molecule has 0 spiro atoms. The standard InChI is InChI=1S/C17H21NO3/c1-12(18-14-6-4-5-13(9-14)11-19)16-8-7-15(20-2)10-17(16)21-3/h4-10,12,18-19H,11H2,1-3H3. The number of hydrogen-bond acceptors (Lipinski definition) is 4. The Labute approximate surface area is 125 Å². The van der Waals surface area contributed by atoms with Crippen molar-refractivity contribution < 1.29 is 14.6 Å². The molecule has 0 aromatic heterocycles. The average Bonchev–Trinajstić information content (AvgIpc) is 2.54. The quantitative estimate of drug-likeness (QED) is 0.855. The summed E-state index contributed by atoms with van der Waals surface area (Å²) >= 11 is 0. The van der Waals surface area contributed by atoms with E-state index < -0.39 is 0 Å². The number of rotatable bonds is 6. The molecule has 112 valence electrons. The van der Waals surface area contributed by atoms with Crippen LogP contribution in [0.5, 0.6) is 11.5 Å². The van der Waals surface area contributed by atoms with E-state index in [1.54, 1.807) is 14.2 Å². The molecule has 4 heteroatoms. The maximum Gasteiger partial charge on any atom is 0.127 e. The van der Waals surface area contributed by atoms with Crippen LogP contribution in [0.4, 0.5) is 5.69 Å². The van der Waals surface area contributed by atoms with Crippen LogP contribution in [0.2, 0.25) is 0 Å². The van der Waals surface area contributed by atoms with Crippen molar-refractivity contribution in [1.82, 2.24) is 0 Å². The van der Waals surface area contributed by atoms with Gasteiger partial charge in [-0.1, -0.05) is 12.1 Å². The highest BCUT2D eigenvalue weighted by Gasteiger charge is 2.12. The summed E-state index contributed by atoms with van der Waals surface area (Å²) in [6, 6.07) is 13.6. The molecule has 0 saturated carbocycles. The smallest absolute Gasteiger partial charge is 0.127 e. The number of aliphatic hydroxyl groups is 1. The number of nitrogens with one attached hydrogen (secondary N) is 1. The van der Waals surface area contributed by atoms with Gasteiger partial charge in [0.05, 0.1) is 26.9 Å². The summed E-state index contributed by atoms with van der Waals surface area (Å²) in [5, 5.41) is 12.6. The van der Waals surface area contributed by atoms with Gasteiger partial charge in [0.1, 0.15) is 11.5 Å². The highest BCUT2D eigenvalue weighted by Crippen LogP contribution is 2.31. The lowest BCUT2D eigenvalue weighted by atomic mass is 10.1. The summed E-state index contributed by atoms with van der Waals surface area (Å²) in [5.74, 6) is 1.55. The summed E-state index contributed by atoms with van der Waals surface area (Å²) in [6.07, 6.45) is 0. The molecule has 2 aromatic carbocycles. The Hall–Kier alpha value is -2.20. The van der Waals surface area contributed by atoms with Crippen LogP contribution in [0.15, 0.2) is 42.5 Å². The molecule has 0 aliphatic heterocycles. The number of hydrogen-bond donors (Lipinski definition) is 2. The van der Waals surface area contributed by atoms with Crippen molar-refractivity contribution in [1.29, 1.82) is 0 Å². The first-order valence-corrected chi connectivity index (χ1v) is 6.86. The number of ether oxygens (including phenoxy) is 2. The van der Waals surface area contributed by atoms with Crippen LogP contribution in [0.25, 0.3) is 0 Å². The fourth-order valence-corrected chi connectivity index (χ4v) is 2.26. The van der Waals surface area contributed by atoms with Crippen LogP contribution < -0.4 is 14.8 Å². The Balaban J connectivity index is 2.21. The number of methoxy groups -OCH3 is 2. The van der Waals surface area contributed by atoms with Crippen molar-refractivity contribution >= 4 is 5.69 Å². The second-order valence-electron chi connectivity index (χ2n) is 4.83. The molecule has 0 amide bonds. The van der Waals surface area contributed by atoms with Gasteiger partial charge >= 0.3 is 0 Å². The Bertz CT molecular complexity index is 598. The third kappa shape index (κ3) is 3.67. The minimum absolute atomic E-state index is 0.0375. The predicted octanol–water partition coefficient (Wildman–Crippen LogP) is 3.37. The average molecular weight is 287 g/mol. The van der Waals surface area contributed by atoms with Crippen molar-refractivity contribution in [3.05, 3.63) is 53.6 Å². The van der Waals surface area contributed by atoms with E-state index in [0.29, 0.717) is 0 Å². The molecule has 0 saturated heterocycles. The molecule has 0 aliphatic rings. The molecule has 2 rings (SSSR count). The number of anilines is 1. The molecule has 2 aromatic rings. The van der Waals surface area contributed by atoms with E-state index in [0.717, 1.165) is 28.3 Å². The first-order chi connectivity index (χ1) is 10.2. The fraction of sp³-hybridized carbons (Fsp3) is 0.294. The summed E-state index contributed by atoms with van der Waals surface area (Å²) in [5.41, 5.74) is 2.90. The van der Waals surface area contributed by atoms with E-state index in [4.69, 9.17) is 9.47 Å². The van der Waals surface area contributed by atoms with Crippen LogP contribution in [-0.4, -0.2) is 19.3 Å². The van der Waals surface area contributed by atoms with Crippen molar-refractivity contribution in [2.24, 2.45) is 0 Å². The summed E-state index contributed by atoms with van der Waals surface area (Å²) in [4.78, 5) is 0. The van der Waals surface area contributed by atoms with Gasteiger partial charge in [0.2, 0.25) is 0 Å². The molecule has 0 heterocycles. The van der Waals surface area contributed by atoms with Gasteiger partial charge < -0.3 is 19.9 Å². The Morgan fingerprint density at radius 2 is 1.90 bits per heavy atom. The van der Waals surface area contributed by atoms with Gasteiger partial charge in [-0.25, -0.2) is 0 Å². The minimum atomic E-state index is 0.0375. The third-order valence-corrected chi connectivity index (χ3v) is 3.40. The van der Waals surface area contributed by atoms with Gasteiger partial charge in [-0.15, -0.1) is 0 Å². The lowest BCUT2D eigenvalue weighted by Gasteiger charge is -2.19. The van der Waals surface area contributed by atoms with E-state index in [-0.39, 0.29) is 12.6 Å². The summed E-state index contributed by atoms with van der Waals surface area (Å²) < 4.78 is 10.6. The lowest BCUT2D eigenvalue weighted by molar-refractivity contribution is 0.282. The van der Waals surface area contributed by atoms with Gasteiger partial charge in [0.25, 0.3) is 0 Å². The molecule has 0 aliphatic carbocycles. The van der Waals surface area contributed by atoms with Crippen molar-refractivity contribution in [2.75, 3.05) is 19.5 Å². The van der Waals surface area contributed by atoms with E-state index in [9.17, 15) is 5.11 Å². The monoisotopic (exact) mass is 287 g/mol. The molecule has 0 radical (unpaired) electrons. The fourth-order valence-electron chi connectivity index (χ4n) is 2.26. The molecule has 1 unspecified atom stereocenters. The molecule has 0 fully saturated rings. The molecular weight excluding hydrogens is 266 g/mol. The maximum absolute atomic E-state index is 9.19. The van der Waals surface area contributed by atoms with Crippen LogP contribution in [-0.2, 0) is 6.61 Å². The van der Waals surface area contributed by atoms with E-state index in [1.807, 2.05) is 42.5 Å². The van der Waals surface area contributed by atoms with Crippen LogP contribution >= 0.6 is 0 Å². The number of aliphatic hydroxyl groups excluding tert-OH is 1. The van der Waals surface area contributed by atoms with Crippen LogP contribution in [0, 0.1) is 0 Å². The van der Waals surface area contributed by atoms with Crippen LogP contribution in [0.3, 0.4) is 0 Å². The van der Waals surface area contributed by atoms with Gasteiger partial charge in [-0.2, -0.15) is 0 Å². The van der Waals surface area contributed by atoms with Crippen molar-refractivity contribution in [3.8, 4) is 11.5 Å². The van der Waals surface area contributed by atoms with E-state index >= 15 is 0 Å². The maximum atomic E-state index is 9.19. The first kappa shape index (κ1) is 15.2. The highest BCUT2D eigenvalue weighted by atomic mass is 16.5. The third-order valence-electron chi connectivity index (χ3n) is 3.40. The lowest BCUT2D eigenvalue weighted by Crippen LogP contribution is -2.08. The molecule has 1 atom stereocenters. The van der Waals surface area contributed by atoms with Crippen LogP contribution in [0.1, 0.15) is 24.1 Å². The summed E-state index contributed by atoms with van der Waals surface area (Å²) in [6.45, 7) is 2.10. The SMILES string of the molecule is COc1ccc(C(C)Nc2cccc(CO)c2)c(OC)c1. The summed E-state index contributed by atoms with van der Waals surface area (Å²) in [7, 11) is 3.29. The first-order valence-electron chi connectivity index (χ1n) is 6.86. The molecule has 4 nitrogen and oxygen atoms in total. The Morgan fingerprint density at radius 3 is 2.57 bits per heavy atom. The van der Waals surface area contributed by atoms with E-state index in [2.05, 4.69) is 12.2 Å². The van der Waals surface area contributed by atoms with E-state index in [1.165, 1.54) is 0 Å². The van der Waals surface area contributed by atoms with Crippen molar-refractivity contribution in [3.63, 3.8) is 0 Å². The molecule has 2 N–H and O–H groups in total. The second kappa shape index (κ2) is 6.99. The topological polar surface area (TPSA) is 50.7 Å². The molecule has 21 heavy (non-hydrogen) atoms. The highest BCUT2D eigenvalue weighted by molar-refractivity contribution is 5.50. The predicted molar refractivity (Wildman–Crippen MR) is 83.9 cm³/mol. The number of benzene rings is 2. The Kier molecular flexibility index (Phi) is 5.06. The second-order valence-corrected chi connectivity index (χ2v) is 4.83. The molecular formula is C17H21NO3. The zero-order chi connectivity index (χ0) is 15.2. The largest absolute Gasteiger partial charge is 0.497 e. The van der Waals surface area contributed by atoms with Gasteiger partial charge in [0.15, 0.2) is 0 Å². The normalized spacial score (nSPS) is 11.8. The zero-order valence-corrected chi connectivity index (χ0v) is 12.6. The van der Waals surface area contributed by atoms with Crippen molar-refractivity contribution in [2.45, 2.75) is 19.6 Å². The van der Waals surface area contributed by atoms with Gasteiger partial charge in [-0.3, -0.25) is 0 Å². The van der Waals surface area contributed by atoms with Gasteiger partial charge in [0, 0.05) is 17.3 Å². The van der Waals surface area contributed by atoms with Gasteiger partial charge in [-0.05, 0) is 36.8 Å². The minimum Gasteiger partial charge on any atom is -0.497 e.